The summed E-state index contributed by atoms with van der Waals surface area (Å²) in [5, 5.41) is 2.82. The summed E-state index contributed by atoms with van der Waals surface area (Å²) >= 11 is 1.95. The van der Waals surface area contributed by atoms with Crippen LogP contribution in [0, 0.1) is 0 Å². The fraction of sp³-hybridized carbons (Fsp3) is 0.0400. The van der Waals surface area contributed by atoms with E-state index in [1.54, 1.807) is 0 Å². The molecule has 1 unspecified atom stereocenters. The molecule has 1 aromatic heterocycles. The monoisotopic (exact) mass is 360 g/mol. The predicted molar refractivity (Wildman–Crippen MR) is 120 cm³/mol. The summed E-state index contributed by atoms with van der Waals surface area (Å²) in [6.45, 7) is 0. The maximum absolute atomic E-state index is 2.42. The van der Waals surface area contributed by atoms with Crippen molar-refractivity contribution >= 4 is 44.8 Å². The number of hydrogen-bond donors (Lipinski definition) is 0. The highest BCUT2D eigenvalue weighted by Gasteiger charge is 2.32. The SMILES string of the molecule is Bc1cc2c(c3sc4ccccc4c13)C(c1ccccc1)c1ccccc1-2. The molecular formula is C25H17BS. The number of fused-ring (bicyclic) bond motifs is 7. The third kappa shape index (κ3) is 2.05. The number of thiophene rings is 1. The average Bonchev–Trinajstić information content (AvgIpc) is 3.25. The van der Waals surface area contributed by atoms with Crippen LogP contribution >= 0.6 is 11.3 Å². The Hall–Kier alpha value is -2.84. The highest BCUT2D eigenvalue weighted by atomic mass is 32.1. The Labute approximate surface area is 163 Å². The largest absolute Gasteiger partial charge is 0.140 e. The highest BCUT2D eigenvalue weighted by Crippen LogP contribution is 2.52. The minimum atomic E-state index is 0.313. The minimum absolute atomic E-state index is 0.313. The van der Waals surface area contributed by atoms with Gasteiger partial charge in [0.05, 0.1) is 0 Å². The second-order valence-corrected chi connectivity index (χ2v) is 8.44. The van der Waals surface area contributed by atoms with Crippen LogP contribution in [-0.4, -0.2) is 7.85 Å². The van der Waals surface area contributed by atoms with Crippen molar-refractivity contribution in [3.63, 3.8) is 0 Å². The molecule has 27 heavy (non-hydrogen) atoms. The van der Waals surface area contributed by atoms with Crippen LogP contribution < -0.4 is 5.46 Å². The van der Waals surface area contributed by atoms with Crippen molar-refractivity contribution in [1.82, 2.24) is 0 Å². The molecule has 0 aliphatic heterocycles. The first-order valence-electron chi connectivity index (χ1n) is 9.42. The summed E-state index contributed by atoms with van der Waals surface area (Å²) in [7, 11) is 2.26. The van der Waals surface area contributed by atoms with Gasteiger partial charge in [-0.05, 0) is 44.7 Å². The van der Waals surface area contributed by atoms with Gasteiger partial charge in [-0.3, -0.25) is 0 Å². The zero-order valence-corrected chi connectivity index (χ0v) is 15.9. The van der Waals surface area contributed by atoms with E-state index in [0.717, 1.165) is 0 Å². The van der Waals surface area contributed by atoms with Crippen LogP contribution in [0.2, 0.25) is 0 Å². The molecule has 0 bridgehead atoms. The minimum Gasteiger partial charge on any atom is -0.135 e. The van der Waals surface area contributed by atoms with E-state index in [1.807, 2.05) is 11.3 Å². The Balaban J connectivity index is 1.80. The van der Waals surface area contributed by atoms with Crippen molar-refractivity contribution in [2.75, 3.05) is 0 Å². The molecule has 2 heteroatoms. The summed E-state index contributed by atoms with van der Waals surface area (Å²) in [6.07, 6.45) is 0. The van der Waals surface area contributed by atoms with Crippen molar-refractivity contribution < 1.29 is 0 Å². The quantitative estimate of drug-likeness (QED) is 0.341. The van der Waals surface area contributed by atoms with Gasteiger partial charge in [0.25, 0.3) is 0 Å². The fourth-order valence-electron chi connectivity index (χ4n) is 4.77. The molecular weight excluding hydrogens is 343 g/mol. The molecule has 1 heterocycles. The summed E-state index contributed by atoms with van der Waals surface area (Å²) in [6, 6.07) is 31.2. The lowest BCUT2D eigenvalue weighted by Gasteiger charge is -2.15. The molecule has 0 radical (unpaired) electrons. The second-order valence-electron chi connectivity index (χ2n) is 7.39. The normalized spacial score (nSPS) is 15.2. The van der Waals surface area contributed by atoms with Gasteiger partial charge in [-0.15, -0.1) is 11.3 Å². The van der Waals surface area contributed by atoms with Crippen LogP contribution in [0.5, 0.6) is 0 Å². The molecule has 4 aromatic carbocycles. The van der Waals surface area contributed by atoms with Crippen LogP contribution in [0.3, 0.4) is 0 Å². The summed E-state index contributed by atoms with van der Waals surface area (Å²) in [5.74, 6) is 0.313. The second kappa shape index (κ2) is 5.58. The Morgan fingerprint density at radius 3 is 2.37 bits per heavy atom. The van der Waals surface area contributed by atoms with Crippen molar-refractivity contribution in [3.8, 4) is 11.1 Å². The van der Waals surface area contributed by atoms with Gasteiger partial charge < -0.3 is 0 Å². The first-order chi connectivity index (χ1) is 13.3. The molecule has 0 amide bonds. The first-order valence-corrected chi connectivity index (χ1v) is 10.2. The lowest BCUT2D eigenvalue weighted by atomic mass is 9.84. The average molecular weight is 360 g/mol. The van der Waals surface area contributed by atoms with Gasteiger partial charge in [-0.25, -0.2) is 0 Å². The van der Waals surface area contributed by atoms with E-state index in [4.69, 9.17) is 0 Å². The fourth-order valence-corrected chi connectivity index (χ4v) is 6.12. The number of rotatable bonds is 1. The topological polar surface area (TPSA) is 0 Å². The Morgan fingerprint density at radius 2 is 1.48 bits per heavy atom. The van der Waals surface area contributed by atoms with Crippen molar-refractivity contribution in [1.29, 1.82) is 0 Å². The summed E-state index contributed by atoms with van der Waals surface area (Å²) < 4.78 is 2.84. The zero-order chi connectivity index (χ0) is 18.0. The Morgan fingerprint density at radius 1 is 0.741 bits per heavy atom. The van der Waals surface area contributed by atoms with Crippen LogP contribution in [-0.2, 0) is 0 Å². The molecule has 0 saturated heterocycles. The standard InChI is InChI=1S/C25H17BS/c26-20-14-19-16-10-4-5-11-17(16)22(15-8-2-1-3-9-15)24(19)25-23(20)18-12-6-7-13-21(18)27-25/h1-14,22H,26H2. The van der Waals surface area contributed by atoms with Gasteiger partial charge in [-0.1, -0.05) is 84.3 Å². The maximum Gasteiger partial charge on any atom is 0.140 e. The number of hydrogen-bond acceptors (Lipinski definition) is 1. The molecule has 1 atom stereocenters. The van der Waals surface area contributed by atoms with Gasteiger partial charge >= 0.3 is 0 Å². The molecule has 6 rings (SSSR count). The zero-order valence-electron chi connectivity index (χ0n) is 15.1. The summed E-state index contributed by atoms with van der Waals surface area (Å²) in [4.78, 5) is 0. The third-order valence-corrected chi connectivity index (χ3v) is 7.07. The van der Waals surface area contributed by atoms with Crippen molar-refractivity contribution in [2.45, 2.75) is 5.92 Å². The Bertz CT molecular complexity index is 1330. The molecule has 0 nitrogen and oxygen atoms in total. The summed E-state index contributed by atoms with van der Waals surface area (Å²) in [5.41, 5.74) is 8.49. The van der Waals surface area contributed by atoms with E-state index in [9.17, 15) is 0 Å². The van der Waals surface area contributed by atoms with Gasteiger partial charge in [0.15, 0.2) is 0 Å². The lowest BCUT2D eigenvalue weighted by Crippen LogP contribution is -2.06. The van der Waals surface area contributed by atoms with Crippen LogP contribution in [0.1, 0.15) is 22.6 Å². The van der Waals surface area contributed by atoms with Gasteiger partial charge in [0.2, 0.25) is 0 Å². The predicted octanol–water partition coefficient (Wildman–Crippen LogP) is 5.47. The molecule has 0 spiro atoms. The van der Waals surface area contributed by atoms with Crippen molar-refractivity contribution in [3.05, 3.63) is 102 Å². The van der Waals surface area contributed by atoms with Crippen LogP contribution in [0.4, 0.5) is 0 Å². The van der Waals surface area contributed by atoms with E-state index in [-0.39, 0.29) is 0 Å². The third-order valence-electron chi connectivity index (χ3n) is 5.87. The van der Waals surface area contributed by atoms with Crippen LogP contribution in [0.15, 0.2) is 84.9 Å². The van der Waals surface area contributed by atoms with Gasteiger partial charge in [-0.2, -0.15) is 0 Å². The molecule has 0 fully saturated rings. The smallest absolute Gasteiger partial charge is 0.135 e. The van der Waals surface area contributed by atoms with E-state index in [1.165, 1.54) is 53.5 Å². The van der Waals surface area contributed by atoms with E-state index >= 15 is 0 Å². The Kier molecular flexibility index (Phi) is 3.15. The molecule has 0 saturated carbocycles. The molecule has 5 aromatic rings. The highest BCUT2D eigenvalue weighted by molar-refractivity contribution is 7.26. The van der Waals surface area contributed by atoms with E-state index < -0.39 is 0 Å². The van der Waals surface area contributed by atoms with Crippen molar-refractivity contribution in [2.24, 2.45) is 0 Å². The molecule has 0 N–H and O–H groups in total. The molecule has 1 aliphatic carbocycles. The number of benzene rings is 4. The maximum atomic E-state index is 2.42. The van der Waals surface area contributed by atoms with Gasteiger partial charge in [0.1, 0.15) is 7.85 Å². The van der Waals surface area contributed by atoms with E-state index in [0.29, 0.717) is 5.92 Å². The lowest BCUT2D eigenvalue weighted by molar-refractivity contribution is 1.03. The first kappa shape index (κ1) is 15.2. The van der Waals surface area contributed by atoms with E-state index in [2.05, 4.69) is 92.8 Å². The van der Waals surface area contributed by atoms with Crippen LogP contribution in [0.25, 0.3) is 31.3 Å². The van der Waals surface area contributed by atoms with Gasteiger partial charge in [0, 0.05) is 15.3 Å². The molecule has 1 aliphatic rings. The molecule has 126 valence electrons.